The minimum Gasteiger partial charge on any atom is -0.343 e. The van der Waals surface area contributed by atoms with Crippen LogP contribution >= 0.6 is 0 Å². The van der Waals surface area contributed by atoms with Gasteiger partial charge in [-0.1, -0.05) is 5.21 Å². The van der Waals surface area contributed by atoms with Crippen LogP contribution in [0.1, 0.15) is 5.69 Å². The number of carbonyl (C=O) groups excluding carboxylic acids is 1. The average molecular weight is 226 g/mol. The molecule has 0 bridgehead atoms. The Morgan fingerprint density at radius 2 is 2.44 bits per heavy atom. The van der Waals surface area contributed by atoms with Crippen molar-refractivity contribution in [2.45, 2.75) is 13.1 Å². The van der Waals surface area contributed by atoms with Crippen LogP contribution in [0.3, 0.4) is 0 Å². The van der Waals surface area contributed by atoms with Crippen LogP contribution in [-0.2, 0) is 17.9 Å². The summed E-state index contributed by atoms with van der Waals surface area (Å²) in [6, 6.07) is 0. The second-order valence-corrected chi connectivity index (χ2v) is 3.53. The Hall–Kier alpha value is -1.47. The Balaban J connectivity index is 2.44. The monoisotopic (exact) mass is 226 g/mol. The molecule has 0 atom stereocenters. The number of aromatic nitrogens is 3. The number of nitrogens with zero attached hydrogens (tertiary/aromatic N) is 4. The fourth-order valence-electron chi connectivity index (χ4n) is 1.17. The van der Waals surface area contributed by atoms with E-state index in [2.05, 4.69) is 15.6 Å². The SMILES string of the molecule is CNCCN(C)C(=O)Cn1cc(CN)nn1. The first kappa shape index (κ1) is 12.6. The van der Waals surface area contributed by atoms with Crippen molar-refractivity contribution in [3.05, 3.63) is 11.9 Å². The highest BCUT2D eigenvalue weighted by Gasteiger charge is 2.09. The molecule has 0 saturated heterocycles. The Morgan fingerprint density at radius 3 is 3.00 bits per heavy atom. The predicted molar refractivity (Wildman–Crippen MR) is 59.5 cm³/mol. The van der Waals surface area contributed by atoms with E-state index in [1.807, 2.05) is 7.05 Å². The van der Waals surface area contributed by atoms with Crippen LogP contribution in [-0.4, -0.2) is 53.0 Å². The van der Waals surface area contributed by atoms with E-state index in [9.17, 15) is 4.79 Å². The van der Waals surface area contributed by atoms with Crippen molar-refractivity contribution in [2.24, 2.45) is 5.73 Å². The summed E-state index contributed by atoms with van der Waals surface area (Å²) in [7, 11) is 3.61. The van der Waals surface area contributed by atoms with E-state index in [4.69, 9.17) is 5.73 Å². The summed E-state index contributed by atoms with van der Waals surface area (Å²) in [6.45, 7) is 1.98. The topological polar surface area (TPSA) is 89.1 Å². The van der Waals surface area contributed by atoms with Crippen molar-refractivity contribution in [1.29, 1.82) is 0 Å². The van der Waals surface area contributed by atoms with Crippen LogP contribution in [0.25, 0.3) is 0 Å². The highest BCUT2D eigenvalue weighted by Crippen LogP contribution is 1.93. The lowest BCUT2D eigenvalue weighted by Gasteiger charge is -2.16. The van der Waals surface area contributed by atoms with Crippen molar-refractivity contribution in [3.63, 3.8) is 0 Å². The molecule has 0 saturated carbocycles. The summed E-state index contributed by atoms with van der Waals surface area (Å²) < 4.78 is 1.50. The quantitative estimate of drug-likeness (QED) is 0.611. The third kappa shape index (κ3) is 3.59. The van der Waals surface area contributed by atoms with Crippen LogP contribution < -0.4 is 11.1 Å². The summed E-state index contributed by atoms with van der Waals surface area (Å²) in [6.07, 6.45) is 1.68. The zero-order chi connectivity index (χ0) is 12.0. The largest absolute Gasteiger partial charge is 0.343 e. The summed E-state index contributed by atoms with van der Waals surface area (Å²) >= 11 is 0. The number of carbonyl (C=O) groups is 1. The molecule has 0 spiro atoms. The van der Waals surface area contributed by atoms with Crippen molar-refractivity contribution >= 4 is 5.91 Å². The van der Waals surface area contributed by atoms with Crippen LogP contribution in [0.5, 0.6) is 0 Å². The smallest absolute Gasteiger partial charge is 0.244 e. The summed E-state index contributed by atoms with van der Waals surface area (Å²) in [5.41, 5.74) is 6.09. The van der Waals surface area contributed by atoms with E-state index < -0.39 is 0 Å². The molecule has 7 nitrogen and oxygen atoms in total. The highest BCUT2D eigenvalue weighted by molar-refractivity contribution is 5.75. The first-order valence-electron chi connectivity index (χ1n) is 5.15. The Labute approximate surface area is 94.6 Å². The van der Waals surface area contributed by atoms with Crippen LogP contribution in [0.4, 0.5) is 0 Å². The van der Waals surface area contributed by atoms with Crippen molar-refractivity contribution in [1.82, 2.24) is 25.2 Å². The summed E-state index contributed by atoms with van der Waals surface area (Å²) in [4.78, 5) is 13.3. The molecule has 7 heteroatoms. The molecule has 0 unspecified atom stereocenters. The average Bonchev–Trinajstić information content (AvgIpc) is 2.73. The molecule has 1 aromatic heterocycles. The number of nitrogens with one attached hydrogen (secondary N) is 1. The van der Waals surface area contributed by atoms with Crippen LogP contribution in [0, 0.1) is 0 Å². The zero-order valence-corrected chi connectivity index (χ0v) is 9.68. The van der Waals surface area contributed by atoms with Gasteiger partial charge in [-0.15, -0.1) is 5.10 Å². The maximum absolute atomic E-state index is 11.7. The number of hydrogen-bond acceptors (Lipinski definition) is 5. The fraction of sp³-hybridized carbons (Fsp3) is 0.667. The third-order valence-electron chi connectivity index (χ3n) is 2.22. The zero-order valence-electron chi connectivity index (χ0n) is 9.68. The van der Waals surface area contributed by atoms with Gasteiger partial charge in [0.15, 0.2) is 0 Å². The molecule has 0 radical (unpaired) electrons. The number of nitrogens with two attached hydrogens (primary N) is 1. The molecule has 90 valence electrons. The lowest BCUT2D eigenvalue weighted by Crippen LogP contribution is -2.35. The Bertz CT molecular complexity index is 336. The van der Waals surface area contributed by atoms with E-state index in [1.165, 1.54) is 4.68 Å². The molecule has 1 amide bonds. The van der Waals surface area contributed by atoms with Gasteiger partial charge in [-0.05, 0) is 7.05 Å². The van der Waals surface area contributed by atoms with Gasteiger partial charge in [-0.2, -0.15) is 0 Å². The van der Waals surface area contributed by atoms with Gasteiger partial charge in [-0.25, -0.2) is 4.68 Å². The van der Waals surface area contributed by atoms with Gasteiger partial charge in [0.1, 0.15) is 6.54 Å². The standard InChI is InChI=1S/C9H18N6O/c1-11-3-4-14(2)9(16)7-15-6-8(5-10)12-13-15/h6,11H,3-5,7,10H2,1-2H3. The fourth-order valence-corrected chi connectivity index (χ4v) is 1.17. The lowest BCUT2D eigenvalue weighted by atomic mass is 10.4. The molecule has 0 aromatic carbocycles. The Morgan fingerprint density at radius 1 is 1.69 bits per heavy atom. The number of hydrogen-bond donors (Lipinski definition) is 2. The molecule has 1 aromatic rings. The lowest BCUT2D eigenvalue weighted by molar-refractivity contribution is -0.130. The minimum atomic E-state index is 0.00345. The predicted octanol–water partition coefficient (Wildman–Crippen LogP) is -1.59. The van der Waals surface area contributed by atoms with Gasteiger partial charge >= 0.3 is 0 Å². The van der Waals surface area contributed by atoms with Crippen LogP contribution in [0.2, 0.25) is 0 Å². The van der Waals surface area contributed by atoms with Crippen molar-refractivity contribution in [3.8, 4) is 0 Å². The number of rotatable bonds is 6. The molecule has 16 heavy (non-hydrogen) atoms. The molecular weight excluding hydrogens is 208 g/mol. The van der Waals surface area contributed by atoms with Gasteiger partial charge in [0.05, 0.1) is 11.9 Å². The van der Waals surface area contributed by atoms with E-state index >= 15 is 0 Å². The summed E-state index contributed by atoms with van der Waals surface area (Å²) in [5, 5.41) is 10.6. The van der Waals surface area contributed by atoms with Crippen molar-refractivity contribution < 1.29 is 4.79 Å². The first-order valence-corrected chi connectivity index (χ1v) is 5.15. The molecule has 3 N–H and O–H groups in total. The van der Waals surface area contributed by atoms with Gasteiger partial charge in [0.25, 0.3) is 0 Å². The van der Waals surface area contributed by atoms with E-state index in [0.717, 1.165) is 6.54 Å². The van der Waals surface area contributed by atoms with Crippen molar-refractivity contribution in [2.75, 3.05) is 27.2 Å². The summed E-state index contributed by atoms with van der Waals surface area (Å²) in [5.74, 6) is 0.00345. The molecule has 0 aliphatic rings. The molecule has 0 aliphatic heterocycles. The molecule has 1 heterocycles. The molecule has 0 aliphatic carbocycles. The normalized spacial score (nSPS) is 10.4. The van der Waals surface area contributed by atoms with E-state index in [-0.39, 0.29) is 12.5 Å². The molecule has 1 rings (SSSR count). The van der Waals surface area contributed by atoms with Gasteiger partial charge in [0.2, 0.25) is 5.91 Å². The third-order valence-corrected chi connectivity index (χ3v) is 2.22. The molecule has 0 fully saturated rings. The van der Waals surface area contributed by atoms with Gasteiger partial charge in [0, 0.05) is 26.7 Å². The second kappa shape index (κ2) is 6.19. The van der Waals surface area contributed by atoms with Crippen LogP contribution in [0.15, 0.2) is 6.20 Å². The molecular formula is C9H18N6O. The second-order valence-electron chi connectivity index (χ2n) is 3.53. The minimum absolute atomic E-state index is 0.00345. The van der Waals surface area contributed by atoms with E-state index in [0.29, 0.717) is 18.8 Å². The Kier molecular flexibility index (Phi) is 4.87. The maximum Gasteiger partial charge on any atom is 0.244 e. The number of amides is 1. The van der Waals surface area contributed by atoms with E-state index in [1.54, 1.807) is 18.1 Å². The highest BCUT2D eigenvalue weighted by atomic mass is 16.2. The maximum atomic E-state index is 11.7. The van der Waals surface area contributed by atoms with Gasteiger partial charge < -0.3 is 16.0 Å². The first-order chi connectivity index (χ1) is 7.67. The van der Waals surface area contributed by atoms with Gasteiger partial charge in [-0.3, -0.25) is 4.79 Å². The number of likely N-dealkylation sites (N-methyl/N-ethyl adjacent to an activating group) is 2.